The van der Waals surface area contributed by atoms with Crippen molar-refractivity contribution >= 4 is 0 Å². The molecule has 0 amide bonds. The number of hydrogen-bond donors (Lipinski definition) is 0. The molecule has 0 aliphatic heterocycles. The standard InChI is InChI=1S/C4H10.2C2H6.3CH4/c1-3-4-2;2*1-2;;;/h3-4H2,1-2H3;2*1-2H3;3*1H4. The fourth-order valence-corrected chi connectivity index (χ4v) is 0. The van der Waals surface area contributed by atoms with Gasteiger partial charge in [0.2, 0.25) is 0 Å². The van der Waals surface area contributed by atoms with E-state index in [-0.39, 0.29) is 22.3 Å². The summed E-state index contributed by atoms with van der Waals surface area (Å²) in [6, 6.07) is 0. The van der Waals surface area contributed by atoms with Crippen molar-refractivity contribution in [1.29, 1.82) is 0 Å². The van der Waals surface area contributed by atoms with Crippen LogP contribution in [0.4, 0.5) is 0 Å². The summed E-state index contributed by atoms with van der Waals surface area (Å²) in [6.07, 6.45) is 2.64. The van der Waals surface area contributed by atoms with Crippen LogP contribution in [0.1, 0.15) is 76.7 Å². The molecular weight excluding hydrogens is 132 g/mol. The molecule has 0 nitrogen and oxygen atoms in total. The third-order valence-electron chi connectivity index (χ3n) is 0.500. The Hall–Kier alpha value is 0. The number of rotatable bonds is 1. The van der Waals surface area contributed by atoms with Crippen molar-refractivity contribution in [2.24, 2.45) is 0 Å². The lowest BCUT2D eigenvalue weighted by atomic mass is 10.4. The minimum absolute atomic E-state index is 0. The van der Waals surface area contributed by atoms with Crippen LogP contribution in [0.3, 0.4) is 0 Å². The predicted molar refractivity (Wildman–Crippen MR) is 63.5 cm³/mol. The smallest absolute Gasteiger partial charge is 0.0564 e. The van der Waals surface area contributed by atoms with E-state index in [1.807, 2.05) is 27.7 Å². The van der Waals surface area contributed by atoms with E-state index in [2.05, 4.69) is 13.8 Å². The van der Waals surface area contributed by atoms with Crippen LogP contribution < -0.4 is 0 Å². The van der Waals surface area contributed by atoms with Gasteiger partial charge in [0, 0.05) is 0 Å². The van der Waals surface area contributed by atoms with Crippen molar-refractivity contribution in [2.45, 2.75) is 76.7 Å². The largest absolute Gasteiger partial charge is 0.0776 e. The molecule has 0 aliphatic rings. The lowest BCUT2D eigenvalue weighted by Crippen LogP contribution is -1.47. The maximum absolute atomic E-state index is 2.18. The average molecular weight is 166 g/mol. The lowest BCUT2D eigenvalue weighted by Gasteiger charge is -1.68. The summed E-state index contributed by atoms with van der Waals surface area (Å²) < 4.78 is 0. The summed E-state index contributed by atoms with van der Waals surface area (Å²) in [5, 5.41) is 0. The Labute approximate surface area is 77.4 Å². The molecule has 0 bridgehead atoms. The van der Waals surface area contributed by atoms with Crippen LogP contribution in [0, 0.1) is 0 Å². The molecule has 0 atom stereocenters. The molecular formula is C11H34. The first kappa shape index (κ1) is 44.0. The Morgan fingerprint density at radius 1 is 0.545 bits per heavy atom. The summed E-state index contributed by atoms with van der Waals surface area (Å²) in [5.41, 5.74) is 0. The fraction of sp³-hybridized carbons (Fsp3) is 1.00. The van der Waals surface area contributed by atoms with Gasteiger partial charge in [-0.25, -0.2) is 0 Å². The highest BCUT2D eigenvalue weighted by molar-refractivity contribution is 4.12. The number of hydrogen-bond acceptors (Lipinski definition) is 0. The zero-order valence-electron chi connectivity index (χ0n) is 7.41. The number of unbranched alkanes of at least 4 members (excludes halogenated alkanes) is 1. The van der Waals surface area contributed by atoms with Crippen LogP contribution in [-0.4, -0.2) is 0 Å². The fourth-order valence-electron chi connectivity index (χ4n) is 0. The second-order valence-electron chi connectivity index (χ2n) is 1.000. The summed E-state index contributed by atoms with van der Waals surface area (Å²) >= 11 is 0. The van der Waals surface area contributed by atoms with E-state index in [0.717, 1.165) is 0 Å². The van der Waals surface area contributed by atoms with Gasteiger partial charge in [-0.15, -0.1) is 0 Å². The molecule has 0 N–H and O–H groups in total. The van der Waals surface area contributed by atoms with Crippen LogP contribution >= 0.6 is 0 Å². The monoisotopic (exact) mass is 166 g/mol. The molecule has 0 rings (SSSR count). The minimum atomic E-state index is 0. The van der Waals surface area contributed by atoms with Gasteiger partial charge in [-0.3, -0.25) is 0 Å². The van der Waals surface area contributed by atoms with Gasteiger partial charge in [0.15, 0.2) is 0 Å². The van der Waals surface area contributed by atoms with Gasteiger partial charge in [0.05, 0.1) is 0 Å². The molecule has 0 fully saturated rings. The summed E-state index contributed by atoms with van der Waals surface area (Å²) in [6.45, 7) is 12.4. The SMILES string of the molecule is C.C.C.CC.CC.CCCC. The van der Waals surface area contributed by atoms with Crippen molar-refractivity contribution in [1.82, 2.24) is 0 Å². The van der Waals surface area contributed by atoms with Crippen LogP contribution in [0.2, 0.25) is 0 Å². The topological polar surface area (TPSA) is 0 Å². The molecule has 78 valence electrons. The highest BCUT2D eigenvalue weighted by atomic mass is 13.6. The Bertz CT molecular complexity index is 2.00. The van der Waals surface area contributed by atoms with Gasteiger partial charge in [-0.1, -0.05) is 76.7 Å². The Morgan fingerprint density at radius 2 is 0.636 bits per heavy atom. The molecule has 0 aromatic rings. The molecule has 0 aliphatic carbocycles. The van der Waals surface area contributed by atoms with E-state index in [1.165, 1.54) is 12.8 Å². The first-order valence-corrected chi connectivity index (χ1v) is 3.91. The zero-order chi connectivity index (χ0) is 7.41. The van der Waals surface area contributed by atoms with Crippen molar-refractivity contribution in [3.63, 3.8) is 0 Å². The molecule has 0 aromatic carbocycles. The lowest BCUT2D eigenvalue weighted by molar-refractivity contribution is 0.886. The van der Waals surface area contributed by atoms with E-state index in [9.17, 15) is 0 Å². The van der Waals surface area contributed by atoms with Crippen LogP contribution in [0.15, 0.2) is 0 Å². The molecule has 0 saturated heterocycles. The highest BCUT2D eigenvalue weighted by Crippen LogP contribution is 1.76. The van der Waals surface area contributed by atoms with Gasteiger partial charge in [-0.05, 0) is 0 Å². The predicted octanol–water partition coefficient (Wildman–Crippen LogP) is 5.77. The van der Waals surface area contributed by atoms with Crippen LogP contribution in [-0.2, 0) is 0 Å². The first-order valence-electron chi connectivity index (χ1n) is 3.91. The van der Waals surface area contributed by atoms with Gasteiger partial charge in [-0.2, -0.15) is 0 Å². The molecule has 0 heteroatoms. The molecule has 11 heavy (non-hydrogen) atoms. The van der Waals surface area contributed by atoms with Crippen molar-refractivity contribution in [3.05, 3.63) is 0 Å². The van der Waals surface area contributed by atoms with Gasteiger partial charge in [0.25, 0.3) is 0 Å². The normalized spacial score (nSPS) is 3.82. The third kappa shape index (κ3) is 640. The maximum Gasteiger partial charge on any atom is -0.0564 e. The van der Waals surface area contributed by atoms with E-state index >= 15 is 0 Å². The summed E-state index contributed by atoms with van der Waals surface area (Å²) in [5.74, 6) is 0. The van der Waals surface area contributed by atoms with Crippen LogP contribution in [0.25, 0.3) is 0 Å². The molecule has 0 spiro atoms. The molecule has 0 heterocycles. The Morgan fingerprint density at radius 3 is 0.636 bits per heavy atom. The average Bonchev–Trinajstić information content (AvgIpc) is 1.96. The quantitative estimate of drug-likeness (QED) is 0.464. The summed E-state index contributed by atoms with van der Waals surface area (Å²) in [7, 11) is 0. The minimum Gasteiger partial charge on any atom is -0.0776 e. The van der Waals surface area contributed by atoms with Crippen molar-refractivity contribution in [2.75, 3.05) is 0 Å². The highest BCUT2D eigenvalue weighted by Gasteiger charge is 1.56. The second-order valence-corrected chi connectivity index (χ2v) is 1.000. The van der Waals surface area contributed by atoms with Crippen LogP contribution in [0.5, 0.6) is 0 Å². The zero-order valence-corrected chi connectivity index (χ0v) is 7.41. The van der Waals surface area contributed by atoms with Gasteiger partial charge >= 0.3 is 0 Å². The van der Waals surface area contributed by atoms with Crippen molar-refractivity contribution < 1.29 is 0 Å². The van der Waals surface area contributed by atoms with E-state index in [4.69, 9.17) is 0 Å². The third-order valence-corrected chi connectivity index (χ3v) is 0.500. The maximum atomic E-state index is 2.18. The summed E-state index contributed by atoms with van der Waals surface area (Å²) in [4.78, 5) is 0. The molecule has 0 radical (unpaired) electrons. The van der Waals surface area contributed by atoms with E-state index < -0.39 is 0 Å². The molecule has 0 saturated carbocycles. The van der Waals surface area contributed by atoms with Gasteiger partial charge in [0.1, 0.15) is 0 Å². The Kier molecular flexibility index (Phi) is 810. The molecule has 0 aromatic heterocycles. The van der Waals surface area contributed by atoms with E-state index in [0.29, 0.717) is 0 Å². The van der Waals surface area contributed by atoms with E-state index in [1.54, 1.807) is 0 Å². The van der Waals surface area contributed by atoms with Crippen molar-refractivity contribution in [3.8, 4) is 0 Å². The Balaban J connectivity index is -0.00000000813. The second kappa shape index (κ2) is 202. The first-order chi connectivity index (χ1) is 3.91. The molecule has 0 unspecified atom stereocenters. The van der Waals surface area contributed by atoms with Gasteiger partial charge < -0.3 is 0 Å².